The fraction of sp³-hybridized carbons (Fsp3) is 0.250. The summed E-state index contributed by atoms with van der Waals surface area (Å²) in [4.78, 5) is 11.1. The Morgan fingerprint density at radius 2 is 2.12 bits per heavy atom. The highest BCUT2D eigenvalue weighted by Gasteiger charge is 2.19. The van der Waals surface area contributed by atoms with Gasteiger partial charge in [0.05, 0.1) is 13.4 Å². The summed E-state index contributed by atoms with van der Waals surface area (Å²) >= 11 is 0. The van der Waals surface area contributed by atoms with E-state index in [1.807, 2.05) is 6.92 Å². The van der Waals surface area contributed by atoms with Crippen molar-refractivity contribution in [1.29, 1.82) is 0 Å². The molecule has 1 aromatic carbocycles. The van der Waals surface area contributed by atoms with Gasteiger partial charge in [-0.05, 0) is 25.5 Å². The summed E-state index contributed by atoms with van der Waals surface area (Å²) in [5.74, 6) is -0.642. The Hall–Kier alpha value is -1.97. The first-order chi connectivity index (χ1) is 7.56. The third-order valence-corrected chi connectivity index (χ3v) is 2.67. The lowest BCUT2D eigenvalue weighted by molar-refractivity contribution is 0.0693. The van der Waals surface area contributed by atoms with Crippen molar-refractivity contribution in [3.8, 4) is 5.75 Å². The smallest absolute Gasteiger partial charge is 0.339 e. The van der Waals surface area contributed by atoms with E-state index in [-0.39, 0.29) is 5.56 Å². The lowest BCUT2D eigenvalue weighted by Gasteiger charge is -2.08. The Labute approximate surface area is 92.4 Å². The van der Waals surface area contributed by atoms with Gasteiger partial charge in [-0.2, -0.15) is 0 Å². The average Bonchev–Trinajstić information content (AvgIpc) is 2.60. The molecule has 0 aliphatic heterocycles. The van der Waals surface area contributed by atoms with E-state index < -0.39 is 5.97 Å². The van der Waals surface area contributed by atoms with Crippen molar-refractivity contribution < 1.29 is 19.1 Å². The molecule has 16 heavy (non-hydrogen) atoms. The molecular formula is C12H12O4. The van der Waals surface area contributed by atoms with Crippen LogP contribution in [-0.4, -0.2) is 18.2 Å². The molecule has 2 aromatic rings. The van der Waals surface area contributed by atoms with E-state index >= 15 is 0 Å². The van der Waals surface area contributed by atoms with Crippen LogP contribution in [0.1, 0.15) is 21.5 Å². The van der Waals surface area contributed by atoms with Gasteiger partial charge in [-0.15, -0.1) is 0 Å². The van der Waals surface area contributed by atoms with E-state index in [2.05, 4.69) is 0 Å². The van der Waals surface area contributed by atoms with E-state index in [1.165, 1.54) is 7.11 Å². The lowest BCUT2D eigenvalue weighted by atomic mass is 10.0. The van der Waals surface area contributed by atoms with Crippen LogP contribution < -0.4 is 4.74 Å². The summed E-state index contributed by atoms with van der Waals surface area (Å²) in [7, 11) is 1.45. The lowest BCUT2D eigenvalue weighted by Crippen LogP contribution is -2.02. The van der Waals surface area contributed by atoms with Gasteiger partial charge >= 0.3 is 5.97 Å². The number of carbonyl (C=O) groups is 1. The van der Waals surface area contributed by atoms with Crippen molar-refractivity contribution in [3.05, 3.63) is 29.0 Å². The molecule has 0 bridgehead atoms. The Kier molecular flexibility index (Phi) is 2.34. The molecule has 0 unspecified atom stereocenters. The second kappa shape index (κ2) is 3.56. The molecule has 0 fully saturated rings. The zero-order valence-corrected chi connectivity index (χ0v) is 9.33. The molecule has 4 heteroatoms. The number of carboxylic acids is 1. The SMILES string of the molecule is COc1c(C(=O)O)cc2c(C)coc2c1C. The maximum atomic E-state index is 11.1. The third kappa shape index (κ3) is 1.34. The number of furan rings is 1. The molecule has 1 heterocycles. The maximum absolute atomic E-state index is 11.1. The Morgan fingerprint density at radius 3 is 2.69 bits per heavy atom. The molecule has 0 saturated carbocycles. The second-order valence-corrected chi connectivity index (χ2v) is 3.68. The molecule has 0 radical (unpaired) electrons. The number of carboxylic acid groups (broad SMARTS) is 1. The van der Waals surface area contributed by atoms with Gasteiger partial charge in [-0.25, -0.2) is 4.79 Å². The number of hydrogen-bond donors (Lipinski definition) is 1. The number of benzene rings is 1. The van der Waals surface area contributed by atoms with Gasteiger partial charge in [-0.1, -0.05) is 0 Å². The molecule has 1 aromatic heterocycles. The molecule has 0 saturated heterocycles. The molecule has 4 nitrogen and oxygen atoms in total. The van der Waals surface area contributed by atoms with Gasteiger partial charge in [-0.3, -0.25) is 0 Å². The molecule has 0 amide bonds. The highest BCUT2D eigenvalue weighted by Crippen LogP contribution is 2.33. The zero-order chi connectivity index (χ0) is 11.9. The van der Waals surface area contributed by atoms with Crippen LogP contribution >= 0.6 is 0 Å². The zero-order valence-electron chi connectivity index (χ0n) is 9.33. The monoisotopic (exact) mass is 220 g/mol. The predicted octanol–water partition coefficient (Wildman–Crippen LogP) is 2.76. The predicted molar refractivity (Wildman–Crippen MR) is 59.2 cm³/mol. The van der Waals surface area contributed by atoms with E-state index in [4.69, 9.17) is 14.3 Å². The summed E-state index contributed by atoms with van der Waals surface area (Å²) in [5, 5.41) is 9.91. The molecule has 0 atom stereocenters. The maximum Gasteiger partial charge on any atom is 0.339 e. The molecule has 0 spiro atoms. The number of methoxy groups -OCH3 is 1. The topological polar surface area (TPSA) is 59.7 Å². The van der Waals surface area contributed by atoms with Crippen LogP contribution in [0.3, 0.4) is 0 Å². The van der Waals surface area contributed by atoms with Crippen molar-refractivity contribution >= 4 is 16.9 Å². The van der Waals surface area contributed by atoms with Gasteiger partial charge in [0.1, 0.15) is 16.9 Å². The first-order valence-electron chi connectivity index (χ1n) is 4.85. The first-order valence-corrected chi connectivity index (χ1v) is 4.85. The van der Waals surface area contributed by atoms with Crippen molar-refractivity contribution in [3.63, 3.8) is 0 Å². The second-order valence-electron chi connectivity index (χ2n) is 3.68. The van der Waals surface area contributed by atoms with Crippen LogP contribution in [0, 0.1) is 13.8 Å². The Balaban J connectivity index is 2.89. The largest absolute Gasteiger partial charge is 0.495 e. The quantitative estimate of drug-likeness (QED) is 0.845. The average molecular weight is 220 g/mol. The van der Waals surface area contributed by atoms with Crippen molar-refractivity contribution in [2.24, 2.45) is 0 Å². The van der Waals surface area contributed by atoms with E-state index in [0.29, 0.717) is 16.9 Å². The number of ether oxygens (including phenoxy) is 1. The molecule has 1 N–H and O–H groups in total. The summed E-state index contributed by atoms with van der Waals surface area (Å²) in [6.45, 7) is 3.67. The Morgan fingerprint density at radius 1 is 1.44 bits per heavy atom. The van der Waals surface area contributed by atoms with Gasteiger partial charge in [0.2, 0.25) is 0 Å². The minimum absolute atomic E-state index is 0.164. The van der Waals surface area contributed by atoms with E-state index in [0.717, 1.165) is 10.9 Å². The summed E-state index contributed by atoms with van der Waals surface area (Å²) in [5.41, 5.74) is 2.48. The van der Waals surface area contributed by atoms with Crippen LogP contribution in [0.15, 0.2) is 16.7 Å². The van der Waals surface area contributed by atoms with Gasteiger partial charge in [0.25, 0.3) is 0 Å². The van der Waals surface area contributed by atoms with Crippen LogP contribution in [0.4, 0.5) is 0 Å². The normalized spacial score (nSPS) is 10.7. The highest BCUT2D eigenvalue weighted by atomic mass is 16.5. The van der Waals surface area contributed by atoms with Gasteiger partial charge < -0.3 is 14.3 Å². The van der Waals surface area contributed by atoms with Crippen LogP contribution in [-0.2, 0) is 0 Å². The van der Waals surface area contributed by atoms with Crippen LogP contribution in [0.25, 0.3) is 11.0 Å². The summed E-state index contributed by atoms with van der Waals surface area (Å²) in [6.07, 6.45) is 1.61. The van der Waals surface area contributed by atoms with Crippen molar-refractivity contribution in [2.75, 3.05) is 7.11 Å². The first kappa shape index (κ1) is 10.5. The van der Waals surface area contributed by atoms with Crippen LogP contribution in [0.2, 0.25) is 0 Å². The summed E-state index contributed by atoms with van der Waals surface area (Å²) in [6, 6.07) is 1.59. The van der Waals surface area contributed by atoms with Gasteiger partial charge in [0, 0.05) is 10.9 Å². The third-order valence-electron chi connectivity index (χ3n) is 2.67. The number of aryl methyl sites for hydroxylation is 2. The van der Waals surface area contributed by atoms with Gasteiger partial charge in [0.15, 0.2) is 0 Å². The minimum Gasteiger partial charge on any atom is -0.495 e. The Bertz CT molecular complexity index is 566. The highest BCUT2D eigenvalue weighted by molar-refractivity contribution is 5.99. The summed E-state index contributed by atoms with van der Waals surface area (Å²) < 4.78 is 10.5. The van der Waals surface area contributed by atoms with E-state index in [9.17, 15) is 4.79 Å². The van der Waals surface area contributed by atoms with Crippen molar-refractivity contribution in [2.45, 2.75) is 13.8 Å². The molecule has 84 valence electrons. The number of hydrogen-bond acceptors (Lipinski definition) is 3. The minimum atomic E-state index is -0.998. The van der Waals surface area contributed by atoms with Crippen molar-refractivity contribution in [1.82, 2.24) is 0 Å². The van der Waals surface area contributed by atoms with E-state index in [1.54, 1.807) is 19.3 Å². The number of rotatable bonds is 2. The molecule has 2 rings (SSSR count). The number of aromatic carboxylic acids is 1. The molecular weight excluding hydrogens is 208 g/mol. The fourth-order valence-electron chi connectivity index (χ4n) is 1.86. The van der Waals surface area contributed by atoms with Crippen LogP contribution in [0.5, 0.6) is 5.75 Å². The molecule has 0 aliphatic carbocycles. The molecule has 0 aliphatic rings. The number of fused-ring (bicyclic) bond motifs is 1. The fourth-order valence-corrected chi connectivity index (χ4v) is 1.86. The standard InChI is InChI=1S/C12H12O4/c1-6-5-16-11-7(2)10(15-3)9(12(13)14)4-8(6)11/h4-5H,1-3H3,(H,13,14).